The number of carbonyl (C=O) groups excluding carboxylic acids is 3. The molecule has 190 valence electrons. The third-order valence-corrected chi connectivity index (χ3v) is 8.63. The van der Waals surface area contributed by atoms with Crippen molar-refractivity contribution in [3.05, 3.63) is 10.6 Å². The fourth-order valence-corrected chi connectivity index (χ4v) is 6.77. The van der Waals surface area contributed by atoms with Crippen LogP contribution in [0.3, 0.4) is 0 Å². The zero-order valence-electron chi connectivity index (χ0n) is 20.3. The van der Waals surface area contributed by atoms with Crippen molar-refractivity contribution >= 4 is 34.2 Å². The number of methoxy groups -OCH3 is 1. The minimum absolute atomic E-state index is 0.0681. The Morgan fingerprint density at radius 1 is 1.21 bits per heavy atom. The van der Waals surface area contributed by atoms with Gasteiger partial charge in [0.05, 0.1) is 18.4 Å². The molecule has 0 spiro atoms. The number of rotatable bonds is 9. The van der Waals surface area contributed by atoms with Crippen LogP contribution in [0.2, 0.25) is 0 Å². The molecule has 5 N–H and O–H groups in total. The van der Waals surface area contributed by atoms with Crippen molar-refractivity contribution in [3.63, 3.8) is 0 Å². The quantitative estimate of drug-likeness (QED) is 0.317. The molecular formula is C23H36N4O6S. The number of amides is 3. The Kier molecular flexibility index (Phi) is 8.33. The van der Waals surface area contributed by atoms with Crippen LogP contribution in [0.4, 0.5) is 5.13 Å². The predicted molar refractivity (Wildman–Crippen MR) is 127 cm³/mol. The van der Waals surface area contributed by atoms with Crippen molar-refractivity contribution in [1.29, 1.82) is 0 Å². The second-order valence-electron chi connectivity index (χ2n) is 9.88. The standard InChI is InChI=1S/C23H36N4O6S/c1-13(29)24-7-8-25-18(31)9-14-20-15(34-21(27-20)26-19(32)11-33-4)10-16-22(14,2)6-5-17(30)23(16,3)12-28/h14,16-17,28,30H,5-12H2,1-4H3,(H,24,29)(H,25,31)(H,26,27,32). The Morgan fingerprint density at radius 2 is 1.91 bits per heavy atom. The van der Waals surface area contributed by atoms with Gasteiger partial charge in [0.1, 0.15) is 6.61 Å². The zero-order chi connectivity index (χ0) is 25.1. The van der Waals surface area contributed by atoms with E-state index in [1.54, 1.807) is 0 Å². The number of hydrogen-bond donors (Lipinski definition) is 5. The minimum Gasteiger partial charge on any atom is -0.396 e. The molecule has 34 heavy (non-hydrogen) atoms. The number of fused-ring (bicyclic) bond motifs is 2. The normalized spacial score (nSPS) is 30.1. The van der Waals surface area contributed by atoms with E-state index in [9.17, 15) is 24.6 Å². The van der Waals surface area contributed by atoms with Crippen LogP contribution in [0.1, 0.15) is 56.5 Å². The maximum absolute atomic E-state index is 12.9. The molecule has 0 aromatic carbocycles. The van der Waals surface area contributed by atoms with Gasteiger partial charge in [0.15, 0.2) is 5.13 Å². The van der Waals surface area contributed by atoms with Crippen LogP contribution in [0.15, 0.2) is 0 Å². The Bertz CT molecular complexity index is 923. The second kappa shape index (κ2) is 10.7. The molecular weight excluding hydrogens is 460 g/mol. The van der Waals surface area contributed by atoms with Crippen LogP contribution >= 0.6 is 11.3 Å². The van der Waals surface area contributed by atoms with E-state index < -0.39 is 11.5 Å². The zero-order valence-corrected chi connectivity index (χ0v) is 21.1. The molecule has 3 amide bonds. The van der Waals surface area contributed by atoms with E-state index in [4.69, 9.17) is 9.72 Å². The first-order valence-corrected chi connectivity index (χ1v) is 12.4. The summed E-state index contributed by atoms with van der Waals surface area (Å²) in [5.41, 5.74) is -0.292. The number of aromatic nitrogens is 1. The number of anilines is 1. The molecule has 0 saturated heterocycles. The van der Waals surface area contributed by atoms with Crippen LogP contribution in [-0.2, 0) is 25.5 Å². The summed E-state index contributed by atoms with van der Waals surface area (Å²) in [7, 11) is 1.44. The first kappa shape index (κ1) is 26.5. The lowest BCUT2D eigenvalue weighted by Gasteiger charge is -2.58. The van der Waals surface area contributed by atoms with Gasteiger partial charge in [-0.1, -0.05) is 13.8 Å². The van der Waals surface area contributed by atoms with Crippen LogP contribution in [0.5, 0.6) is 0 Å². The van der Waals surface area contributed by atoms with Gasteiger partial charge in [0.25, 0.3) is 5.91 Å². The predicted octanol–water partition coefficient (Wildman–Crippen LogP) is 0.786. The molecule has 1 fully saturated rings. The van der Waals surface area contributed by atoms with Gasteiger partial charge in [0, 0.05) is 49.8 Å². The maximum atomic E-state index is 12.9. The number of thiazole rings is 1. The number of aliphatic hydroxyl groups excluding tert-OH is 2. The summed E-state index contributed by atoms with van der Waals surface area (Å²) in [5, 5.41) is 29.9. The lowest BCUT2D eigenvalue weighted by Crippen LogP contribution is -2.57. The molecule has 0 bridgehead atoms. The van der Waals surface area contributed by atoms with E-state index in [-0.39, 0.29) is 54.6 Å². The largest absolute Gasteiger partial charge is 0.396 e. The molecule has 10 nitrogen and oxygen atoms in total. The van der Waals surface area contributed by atoms with Gasteiger partial charge < -0.3 is 25.6 Å². The van der Waals surface area contributed by atoms with E-state index in [0.29, 0.717) is 37.5 Å². The smallest absolute Gasteiger partial charge is 0.252 e. The van der Waals surface area contributed by atoms with Gasteiger partial charge in [-0.2, -0.15) is 0 Å². The number of carbonyl (C=O) groups is 3. The molecule has 1 aromatic heterocycles. The summed E-state index contributed by atoms with van der Waals surface area (Å²) in [6.07, 6.45) is 1.38. The Labute approximate surface area is 203 Å². The summed E-state index contributed by atoms with van der Waals surface area (Å²) >= 11 is 1.37. The summed E-state index contributed by atoms with van der Waals surface area (Å²) in [6.45, 7) is 5.89. The number of hydrogen-bond acceptors (Lipinski definition) is 8. The number of ether oxygens (including phenoxy) is 1. The van der Waals surface area contributed by atoms with Gasteiger partial charge >= 0.3 is 0 Å². The van der Waals surface area contributed by atoms with Gasteiger partial charge in [0.2, 0.25) is 11.8 Å². The number of nitrogens with zero attached hydrogens (tertiary/aromatic N) is 1. The minimum atomic E-state index is -0.714. The second-order valence-corrected chi connectivity index (χ2v) is 11.0. The number of nitrogens with one attached hydrogen (secondary N) is 3. The van der Waals surface area contributed by atoms with E-state index in [1.165, 1.54) is 25.4 Å². The highest BCUT2D eigenvalue weighted by Gasteiger charge is 2.59. The Balaban J connectivity index is 1.91. The average molecular weight is 497 g/mol. The molecule has 2 aliphatic carbocycles. The summed E-state index contributed by atoms with van der Waals surface area (Å²) in [6, 6.07) is 0. The molecule has 1 saturated carbocycles. The molecule has 5 atom stereocenters. The van der Waals surface area contributed by atoms with Crippen LogP contribution in [-0.4, -0.2) is 72.4 Å². The fourth-order valence-electron chi connectivity index (χ4n) is 5.68. The summed E-state index contributed by atoms with van der Waals surface area (Å²) in [5.74, 6) is -0.930. The van der Waals surface area contributed by atoms with Gasteiger partial charge in [-0.15, -0.1) is 11.3 Å². The third kappa shape index (κ3) is 5.27. The lowest BCUT2D eigenvalue weighted by atomic mass is 9.47. The highest BCUT2D eigenvalue weighted by molar-refractivity contribution is 7.15. The Hall–Kier alpha value is -2.08. The van der Waals surface area contributed by atoms with E-state index in [2.05, 4.69) is 22.9 Å². The summed E-state index contributed by atoms with van der Waals surface area (Å²) < 4.78 is 4.89. The molecule has 1 heterocycles. The van der Waals surface area contributed by atoms with Gasteiger partial charge in [-0.25, -0.2) is 4.98 Å². The third-order valence-electron chi connectivity index (χ3n) is 7.63. The molecule has 3 rings (SSSR count). The SMILES string of the molecule is COCC(=O)Nc1nc2c(s1)CC1C(C)(CO)C(O)CCC1(C)C2CC(=O)NCCNC(C)=O. The lowest BCUT2D eigenvalue weighted by molar-refractivity contribution is -0.144. The number of aliphatic hydroxyl groups is 2. The van der Waals surface area contributed by atoms with Crippen molar-refractivity contribution in [2.24, 2.45) is 16.7 Å². The van der Waals surface area contributed by atoms with Crippen LogP contribution < -0.4 is 16.0 Å². The molecule has 11 heteroatoms. The highest BCUT2D eigenvalue weighted by atomic mass is 32.1. The van der Waals surface area contributed by atoms with Crippen LogP contribution in [0, 0.1) is 16.7 Å². The highest BCUT2D eigenvalue weighted by Crippen LogP contribution is 2.62. The average Bonchev–Trinajstić information content (AvgIpc) is 3.17. The molecule has 0 aliphatic heterocycles. The maximum Gasteiger partial charge on any atom is 0.252 e. The van der Waals surface area contributed by atoms with E-state index in [0.717, 1.165) is 10.6 Å². The van der Waals surface area contributed by atoms with Gasteiger partial charge in [-0.05, 0) is 30.6 Å². The van der Waals surface area contributed by atoms with Crippen molar-refractivity contribution in [2.45, 2.75) is 58.5 Å². The van der Waals surface area contributed by atoms with Crippen LogP contribution in [0.25, 0.3) is 0 Å². The van der Waals surface area contributed by atoms with Gasteiger partial charge in [-0.3, -0.25) is 19.7 Å². The first-order chi connectivity index (χ1) is 16.0. The van der Waals surface area contributed by atoms with Crippen molar-refractivity contribution in [1.82, 2.24) is 15.6 Å². The molecule has 5 unspecified atom stereocenters. The first-order valence-electron chi connectivity index (χ1n) is 11.6. The fraction of sp³-hybridized carbons (Fsp3) is 0.739. The van der Waals surface area contributed by atoms with Crippen molar-refractivity contribution in [3.8, 4) is 0 Å². The van der Waals surface area contributed by atoms with Crippen molar-refractivity contribution < 1.29 is 29.3 Å². The molecule has 1 aromatic rings. The molecule has 0 radical (unpaired) electrons. The topological polar surface area (TPSA) is 150 Å². The summed E-state index contributed by atoms with van der Waals surface area (Å²) in [4.78, 5) is 41.7. The van der Waals surface area contributed by atoms with E-state index >= 15 is 0 Å². The Morgan fingerprint density at radius 3 is 2.56 bits per heavy atom. The monoisotopic (exact) mass is 496 g/mol. The van der Waals surface area contributed by atoms with E-state index in [1.807, 2.05) is 6.92 Å². The molecule has 2 aliphatic rings. The van der Waals surface area contributed by atoms with Crippen molar-refractivity contribution in [2.75, 3.05) is 38.7 Å².